The Balaban J connectivity index is 2.42. The summed E-state index contributed by atoms with van der Waals surface area (Å²) in [6.45, 7) is 5.33. The highest BCUT2D eigenvalue weighted by atomic mass is 16.5. The minimum Gasteiger partial charge on any atom is -0.508 e. The summed E-state index contributed by atoms with van der Waals surface area (Å²) in [6.07, 6.45) is 5.81. The Hall–Kier alpha value is -2.24. The lowest BCUT2D eigenvalue weighted by molar-refractivity contribution is -0.147. The SMILES string of the molecule is CCCCC[C@@H](CCC[C@H](C)OC(=O)c1ccc(O)cc1O)OC(C)=O. The monoisotopic (exact) mass is 366 g/mol. The van der Waals surface area contributed by atoms with Gasteiger partial charge >= 0.3 is 11.9 Å². The molecule has 2 atom stereocenters. The molecular weight excluding hydrogens is 336 g/mol. The van der Waals surface area contributed by atoms with Crippen molar-refractivity contribution < 1.29 is 29.3 Å². The molecule has 0 bridgehead atoms. The molecule has 0 radical (unpaired) electrons. The number of esters is 2. The average Bonchev–Trinajstić information content (AvgIpc) is 2.54. The molecule has 6 nitrogen and oxygen atoms in total. The number of aromatic hydroxyl groups is 2. The van der Waals surface area contributed by atoms with E-state index in [1.807, 2.05) is 0 Å². The number of rotatable bonds is 11. The lowest BCUT2D eigenvalue weighted by Crippen LogP contribution is -2.19. The van der Waals surface area contributed by atoms with Crippen molar-refractivity contribution in [3.63, 3.8) is 0 Å². The second-order valence-corrected chi connectivity index (χ2v) is 6.58. The summed E-state index contributed by atoms with van der Waals surface area (Å²) in [7, 11) is 0. The molecule has 0 heterocycles. The van der Waals surface area contributed by atoms with Gasteiger partial charge in [-0.1, -0.05) is 19.8 Å². The van der Waals surface area contributed by atoms with Gasteiger partial charge in [-0.25, -0.2) is 4.79 Å². The molecule has 0 saturated heterocycles. The highest BCUT2D eigenvalue weighted by molar-refractivity contribution is 5.92. The van der Waals surface area contributed by atoms with Crippen molar-refractivity contribution in [3.05, 3.63) is 23.8 Å². The molecule has 0 amide bonds. The molecule has 0 saturated carbocycles. The van der Waals surface area contributed by atoms with E-state index in [1.165, 1.54) is 19.1 Å². The number of unbranched alkanes of at least 4 members (excludes halogenated alkanes) is 2. The molecule has 0 spiro atoms. The first-order valence-electron chi connectivity index (χ1n) is 9.23. The summed E-state index contributed by atoms with van der Waals surface area (Å²) in [5.41, 5.74) is 0.0204. The Morgan fingerprint density at radius 2 is 1.73 bits per heavy atom. The zero-order valence-corrected chi connectivity index (χ0v) is 15.9. The van der Waals surface area contributed by atoms with Gasteiger partial charge in [-0.05, 0) is 51.2 Å². The van der Waals surface area contributed by atoms with Crippen molar-refractivity contribution in [3.8, 4) is 11.5 Å². The van der Waals surface area contributed by atoms with Gasteiger partial charge in [0.25, 0.3) is 0 Å². The van der Waals surface area contributed by atoms with E-state index >= 15 is 0 Å². The van der Waals surface area contributed by atoms with Gasteiger partial charge in [0.2, 0.25) is 0 Å². The Bertz CT molecular complexity index is 584. The van der Waals surface area contributed by atoms with Gasteiger partial charge < -0.3 is 19.7 Å². The van der Waals surface area contributed by atoms with E-state index < -0.39 is 5.97 Å². The van der Waals surface area contributed by atoms with Gasteiger partial charge in [0, 0.05) is 13.0 Å². The molecule has 0 aliphatic rings. The van der Waals surface area contributed by atoms with Crippen LogP contribution in [0.15, 0.2) is 18.2 Å². The lowest BCUT2D eigenvalue weighted by Gasteiger charge is -2.18. The maximum absolute atomic E-state index is 12.1. The van der Waals surface area contributed by atoms with E-state index in [0.717, 1.165) is 44.6 Å². The van der Waals surface area contributed by atoms with Gasteiger partial charge in [-0.15, -0.1) is 0 Å². The van der Waals surface area contributed by atoms with Crippen molar-refractivity contribution in [2.24, 2.45) is 0 Å². The van der Waals surface area contributed by atoms with Crippen molar-refractivity contribution in [1.29, 1.82) is 0 Å². The average molecular weight is 366 g/mol. The first kappa shape index (κ1) is 21.8. The minimum atomic E-state index is -0.630. The quantitative estimate of drug-likeness (QED) is 0.447. The van der Waals surface area contributed by atoms with Gasteiger partial charge in [-0.3, -0.25) is 4.79 Å². The van der Waals surface area contributed by atoms with E-state index in [2.05, 4.69) is 6.92 Å². The van der Waals surface area contributed by atoms with Crippen molar-refractivity contribution >= 4 is 11.9 Å². The summed E-state index contributed by atoms with van der Waals surface area (Å²) >= 11 is 0. The van der Waals surface area contributed by atoms with Crippen LogP contribution in [0.4, 0.5) is 0 Å². The molecule has 1 aromatic rings. The van der Waals surface area contributed by atoms with E-state index in [1.54, 1.807) is 6.92 Å². The van der Waals surface area contributed by atoms with Crippen LogP contribution in [0.25, 0.3) is 0 Å². The van der Waals surface area contributed by atoms with Crippen molar-refractivity contribution in [1.82, 2.24) is 0 Å². The smallest absolute Gasteiger partial charge is 0.342 e. The number of ether oxygens (including phenoxy) is 2. The van der Waals surface area contributed by atoms with Crippen LogP contribution in [0.2, 0.25) is 0 Å². The molecule has 6 heteroatoms. The molecule has 146 valence electrons. The molecule has 2 N–H and O–H groups in total. The summed E-state index contributed by atoms with van der Waals surface area (Å²) < 4.78 is 10.7. The molecule has 0 aliphatic heterocycles. The predicted octanol–water partition coefficient (Wildman–Crippen LogP) is 4.33. The first-order chi connectivity index (χ1) is 12.3. The summed E-state index contributed by atoms with van der Waals surface area (Å²) in [5.74, 6) is -1.33. The van der Waals surface area contributed by atoms with Crippen LogP contribution < -0.4 is 0 Å². The summed E-state index contributed by atoms with van der Waals surface area (Å²) in [4.78, 5) is 23.3. The van der Waals surface area contributed by atoms with E-state index in [0.29, 0.717) is 6.42 Å². The predicted molar refractivity (Wildman–Crippen MR) is 98.2 cm³/mol. The number of hydrogen-bond acceptors (Lipinski definition) is 6. The van der Waals surface area contributed by atoms with Crippen molar-refractivity contribution in [2.45, 2.75) is 77.9 Å². The van der Waals surface area contributed by atoms with Crippen LogP contribution in [0.3, 0.4) is 0 Å². The fourth-order valence-electron chi connectivity index (χ4n) is 2.75. The Labute approximate surface area is 155 Å². The zero-order valence-electron chi connectivity index (χ0n) is 15.9. The molecule has 0 aromatic heterocycles. The van der Waals surface area contributed by atoms with Crippen LogP contribution in [0.5, 0.6) is 11.5 Å². The van der Waals surface area contributed by atoms with Crippen LogP contribution in [-0.4, -0.2) is 34.4 Å². The van der Waals surface area contributed by atoms with Gasteiger partial charge in [0.15, 0.2) is 0 Å². The van der Waals surface area contributed by atoms with E-state index in [9.17, 15) is 19.8 Å². The Morgan fingerprint density at radius 1 is 1.04 bits per heavy atom. The summed E-state index contributed by atoms with van der Waals surface area (Å²) in [5, 5.41) is 19.0. The van der Waals surface area contributed by atoms with Crippen LogP contribution >= 0.6 is 0 Å². The standard InChI is InChI=1S/C20H30O6/c1-4-5-6-9-17(26-15(3)21)10-7-8-14(2)25-20(24)18-12-11-16(22)13-19(18)23/h11-14,17,22-23H,4-10H2,1-3H3/t14-,17-/m0/s1. The fourth-order valence-corrected chi connectivity index (χ4v) is 2.75. The second kappa shape index (κ2) is 11.4. The van der Waals surface area contributed by atoms with Gasteiger partial charge in [0.1, 0.15) is 23.2 Å². The fraction of sp³-hybridized carbons (Fsp3) is 0.600. The van der Waals surface area contributed by atoms with Crippen LogP contribution in [-0.2, 0) is 14.3 Å². The Morgan fingerprint density at radius 3 is 2.35 bits per heavy atom. The molecule has 0 aliphatic carbocycles. The third-order valence-corrected chi connectivity index (χ3v) is 4.11. The first-order valence-corrected chi connectivity index (χ1v) is 9.23. The number of carbonyl (C=O) groups is 2. The molecule has 0 unspecified atom stereocenters. The highest BCUT2D eigenvalue weighted by Gasteiger charge is 2.17. The normalized spacial score (nSPS) is 13.0. The molecule has 0 fully saturated rings. The molecule has 26 heavy (non-hydrogen) atoms. The number of hydrogen-bond donors (Lipinski definition) is 2. The minimum absolute atomic E-state index is 0.0204. The molecular formula is C20H30O6. The number of phenols is 2. The largest absolute Gasteiger partial charge is 0.508 e. The third-order valence-electron chi connectivity index (χ3n) is 4.11. The number of carbonyl (C=O) groups excluding carboxylic acids is 2. The van der Waals surface area contributed by atoms with Crippen LogP contribution in [0.1, 0.15) is 76.1 Å². The maximum Gasteiger partial charge on any atom is 0.342 e. The topological polar surface area (TPSA) is 93.1 Å². The highest BCUT2D eigenvalue weighted by Crippen LogP contribution is 2.24. The van der Waals surface area contributed by atoms with Gasteiger partial charge in [0.05, 0.1) is 6.10 Å². The van der Waals surface area contributed by atoms with Crippen LogP contribution in [0, 0.1) is 0 Å². The van der Waals surface area contributed by atoms with E-state index in [-0.39, 0.29) is 35.2 Å². The molecule has 1 rings (SSSR count). The maximum atomic E-state index is 12.1. The van der Waals surface area contributed by atoms with Crippen molar-refractivity contribution in [2.75, 3.05) is 0 Å². The van der Waals surface area contributed by atoms with E-state index in [4.69, 9.17) is 9.47 Å². The zero-order chi connectivity index (χ0) is 19.5. The van der Waals surface area contributed by atoms with Gasteiger partial charge in [-0.2, -0.15) is 0 Å². The summed E-state index contributed by atoms with van der Waals surface area (Å²) in [6, 6.07) is 3.74. The number of phenolic OH excluding ortho intramolecular Hbond substituents is 2. The lowest BCUT2D eigenvalue weighted by atomic mass is 10.0. The third kappa shape index (κ3) is 8.23. The Kier molecular flexibility index (Phi) is 9.55. The molecule has 1 aromatic carbocycles. The number of benzene rings is 1. The second-order valence-electron chi connectivity index (χ2n) is 6.58.